The molecule has 6 heteroatoms. The van der Waals surface area contributed by atoms with Crippen LogP contribution in [0.2, 0.25) is 0 Å². The Morgan fingerprint density at radius 2 is 1.81 bits per heavy atom. The summed E-state index contributed by atoms with van der Waals surface area (Å²) in [5.41, 5.74) is 1.57. The number of hydrogen-bond donors (Lipinski definition) is 0. The molecular formula is C15H19NO5. The van der Waals surface area contributed by atoms with Gasteiger partial charge in [-0.1, -0.05) is 12.1 Å². The topological polar surface area (TPSA) is 65.1 Å². The molecule has 0 aromatic heterocycles. The monoisotopic (exact) mass is 293 g/mol. The third kappa shape index (κ3) is 5.17. The molecule has 0 N–H and O–H groups in total. The highest BCUT2D eigenvalue weighted by Crippen LogP contribution is 2.10. The van der Waals surface area contributed by atoms with Crippen molar-refractivity contribution in [3.63, 3.8) is 0 Å². The van der Waals surface area contributed by atoms with Crippen molar-refractivity contribution in [1.29, 1.82) is 0 Å². The minimum atomic E-state index is -0.505. The Hall–Kier alpha value is -1.92. The van der Waals surface area contributed by atoms with Gasteiger partial charge >= 0.3 is 11.9 Å². The van der Waals surface area contributed by atoms with Crippen molar-refractivity contribution in [1.82, 2.24) is 4.90 Å². The summed E-state index contributed by atoms with van der Waals surface area (Å²) < 4.78 is 14.7. The first-order chi connectivity index (χ1) is 10.1. The van der Waals surface area contributed by atoms with Crippen LogP contribution in [0.1, 0.15) is 22.8 Å². The Morgan fingerprint density at radius 3 is 2.43 bits per heavy atom. The number of esters is 2. The highest BCUT2D eigenvalue weighted by atomic mass is 16.7. The molecule has 0 atom stereocenters. The van der Waals surface area contributed by atoms with Crippen molar-refractivity contribution < 1.29 is 23.8 Å². The summed E-state index contributed by atoms with van der Waals surface area (Å²) in [5.74, 6) is -0.988. The van der Waals surface area contributed by atoms with Crippen LogP contribution in [0, 0.1) is 0 Å². The van der Waals surface area contributed by atoms with E-state index in [0.29, 0.717) is 5.56 Å². The molecule has 0 spiro atoms. The van der Waals surface area contributed by atoms with Gasteiger partial charge < -0.3 is 14.2 Å². The van der Waals surface area contributed by atoms with Crippen LogP contribution in [0.4, 0.5) is 0 Å². The van der Waals surface area contributed by atoms with E-state index in [2.05, 4.69) is 9.64 Å². The maximum absolute atomic E-state index is 11.7. The van der Waals surface area contributed by atoms with E-state index in [1.54, 1.807) is 12.1 Å². The molecule has 1 heterocycles. The normalized spacial score (nSPS) is 15.5. The van der Waals surface area contributed by atoms with Crippen LogP contribution in [0.25, 0.3) is 0 Å². The number of nitrogens with zero attached hydrogens (tertiary/aromatic N) is 1. The fourth-order valence-electron chi connectivity index (χ4n) is 2.01. The Bertz CT molecular complexity index is 479. The second kappa shape index (κ2) is 7.75. The van der Waals surface area contributed by atoms with Crippen LogP contribution in [0.3, 0.4) is 0 Å². The maximum atomic E-state index is 11.7. The Balaban J connectivity index is 1.83. The fraction of sp³-hybridized carbons (Fsp3) is 0.467. The zero-order valence-corrected chi connectivity index (χ0v) is 12.0. The fourth-order valence-corrected chi connectivity index (χ4v) is 2.01. The van der Waals surface area contributed by atoms with Gasteiger partial charge in [-0.15, -0.1) is 0 Å². The van der Waals surface area contributed by atoms with Crippen LogP contribution in [-0.4, -0.2) is 49.9 Å². The molecule has 114 valence electrons. The number of morpholine rings is 1. The summed E-state index contributed by atoms with van der Waals surface area (Å²) in [6.45, 7) is 5.11. The van der Waals surface area contributed by atoms with E-state index in [4.69, 9.17) is 9.47 Å². The standard InChI is InChI=1S/C15H19NO5/c1-12(17)20-11-21-15(18)14-4-2-13(3-5-14)10-16-6-8-19-9-7-16/h2-5H,6-11H2,1H3. The number of benzene rings is 1. The van der Waals surface area contributed by atoms with Crippen molar-refractivity contribution in [3.05, 3.63) is 35.4 Å². The first-order valence-corrected chi connectivity index (χ1v) is 6.84. The van der Waals surface area contributed by atoms with Gasteiger partial charge in [0.15, 0.2) is 0 Å². The van der Waals surface area contributed by atoms with E-state index in [1.165, 1.54) is 6.92 Å². The molecule has 1 aromatic carbocycles. The van der Waals surface area contributed by atoms with Gasteiger partial charge in [0.2, 0.25) is 6.79 Å². The molecule has 1 fully saturated rings. The zero-order chi connectivity index (χ0) is 15.1. The molecule has 0 radical (unpaired) electrons. The van der Waals surface area contributed by atoms with E-state index in [9.17, 15) is 9.59 Å². The highest BCUT2D eigenvalue weighted by Gasteiger charge is 2.12. The van der Waals surface area contributed by atoms with Crippen molar-refractivity contribution in [3.8, 4) is 0 Å². The minimum Gasteiger partial charge on any atom is -0.428 e. The van der Waals surface area contributed by atoms with Crippen molar-refractivity contribution >= 4 is 11.9 Å². The lowest BCUT2D eigenvalue weighted by Crippen LogP contribution is -2.35. The number of carbonyl (C=O) groups is 2. The number of carbonyl (C=O) groups excluding carboxylic acids is 2. The minimum absolute atomic E-state index is 0.357. The van der Waals surface area contributed by atoms with Crippen molar-refractivity contribution in [2.45, 2.75) is 13.5 Å². The molecule has 0 unspecified atom stereocenters. The van der Waals surface area contributed by atoms with Crippen LogP contribution in [-0.2, 0) is 25.5 Å². The van der Waals surface area contributed by atoms with Gasteiger partial charge in [-0.2, -0.15) is 0 Å². The SMILES string of the molecule is CC(=O)OCOC(=O)c1ccc(CN2CCOCC2)cc1. The predicted molar refractivity (Wildman–Crippen MR) is 74.6 cm³/mol. The summed E-state index contributed by atoms with van der Waals surface area (Å²) in [4.78, 5) is 24.6. The largest absolute Gasteiger partial charge is 0.428 e. The molecule has 0 bridgehead atoms. The smallest absolute Gasteiger partial charge is 0.340 e. The summed E-state index contributed by atoms with van der Waals surface area (Å²) >= 11 is 0. The quantitative estimate of drug-likeness (QED) is 0.600. The van der Waals surface area contributed by atoms with Gasteiger partial charge in [0.1, 0.15) is 0 Å². The number of rotatable bonds is 5. The van der Waals surface area contributed by atoms with E-state index < -0.39 is 11.9 Å². The lowest BCUT2D eigenvalue weighted by atomic mass is 10.1. The zero-order valence-electron chi connectivity index (χ0n) is 12.0. The maximum Gasteiger partial charge on any atom is 0.340 e. The molecule has 1 aromatic rings. The molecule has 2 rings (SSSR count). The molecule has 21 heavy (non-hydrogen) atoms. The molecule has 1 aliphatic heterocycles. The first-order valence-electron chi connectivity index (χ1n) is 6.84. The van der Waals surface area contributed by atoms with Crippen LogP contribution < -0.4 is 0 Å². The molecule has 0 amide bonds. The molecule has 0 saturated carbocycles. The summed E-state index contributed by atoms with van der Waals surface area (Å²) in [6.07, 6.45) is 0. The molecular weight excluding hydrogens is 274 g/mol. The van der Waals surface area contributed by atoms with E-state index in [-0.39, 0.29) is 6.79 Å². The van der Waals surface area contributed by atoms with Crippen LogP contribution in [0.5, 0.6) is 0 Å². The molecule has 0 aliphatic carbocycles. The van der Waals surface area contributed by atoms with E-state index in [0.717, 1.165) is 38.4 Å². The Kier molecular flexibility index (Phi) is 5.71. The van der Waals surface area contributed by atoms with E-state index >= 15 is 0 Å². The summed E-state index contributed by atoms with van der Waals surface area (Å²) in [5, 5.41) is 0. The number of ether oxygens (including phenoxy) is 3. The second-order valence-electron chi connectivity index (χ2n) is 4.77. The van der Waals surface area contributed by atoms with Crippen molar-refractivity contribution in [2.75, 3.05) is 33.1 Å². The van der Waals surface area contributed by atoms with Gasteiger partial charge in [-0.05, 0) is 17.7 Å². The second-order valence-corrected chi connectivity index (χ2v) is 4.77. The Labute approximate surface area is 123 Å². The lowest BCUT2D eigenvalue weighted by Gasteiger charge is -2.26. The van der Waals surface area contributed by atoms with E-state index in [1.807, 2.05) is 12.1 Å². The molecule has 1 aliphatic rings. The predicted octanol–water partition coefficient (Wildman–Crippen LogP) is 1.20. The average Bonchev–Trinajstić information content (AvgIpc) is 2.48. The number of hydrogen-bond acceptors (Lipinski definition) is 6. The third-order valence-corrected chi connectivity index (χ3v) is 3.15. The summed E-state index contributed by atoms with van der Waals surface area (Å²) in [6, 6.07) is 7.23. The van der Waals surface area contributed by atoms with Gasteiger partial charge in [-0.25, -0.2) is 4.79 Å². The average molecular weight is 293 g/mol. The molecule has 1 saturated heterocycles. The van der Waals surface area contributed by atoms with Crippen molar-refractivity contribution in [2.24, 2.45) is 0 Å². The van der Waals surface area contributed by atoms with Gasteiger partial charge in [-0.3, -0.25) is 9.69 Å². The van der Waals surface area contributed by atoms with Crippen LogP contribution >= 0.6 is 0 Å². The highest BCUT2D eigenvalue weighted by molar-refractivity contribution is 5.89. The van der Waals surface area contributed by atoms with Gasteiger partial charge in [0.05, 0.1) is 18.8 Å². The van der Waals surface area contributed by atoms with Gasteiger partial charge in [0, 0.05) is 26.6 Å². The van der Waals surface area contributed by atoms with Crippen LogP contribution in [0.15, 0.2) is 24.3 Å². The summed E-state index contributed by atoms with van der Waals surface area (Å²) in [7, 11) is 0. The Morgan fingerprint density at radius 1 is 1.14 bits per heavy atom. The lowest BCUT2D eigenvalue weighted by molar-refractivity contribution is -0.149. The first kappa shape index (κ1) is 15.5. The third-order valence-electron chi connectivity index (χ3n) is 3.15. The molecule has 6 nitrogen and oxygen atoms in total. The van der Waals surface area contributed by atoms with Gasteiger partial charge in [0.25, 0.3) is 0 Å².